The zero-order chi connectivity index (χ0) is 26.1. The molecular weight excluding hydrogens is 503 g/mol. The smallest absolute Gasteiger partial charge is 0.335 e. The molecule has 0 bridgehead atoms. The minimum Gasteiger partial charge on any atom is -0.478 e. The van der Waals surface area contributed by atoms with Crippen molar-refractivity contribution in [2.75, 3.05) is 10.6 Å². The van der Waals surface area contributed by atoms with E-state index in [1.807, 2.05) is 0 Å². The van der Waals surface area contributed by atoms with Gasteiger partial charge in [0.2, 0.25) is 0 Å². The molecule has 10 nitrogen and oxygen atoms in total. The van der Waals surface area contributed by atoms with E-state index in [-0.39, 0.29) is 23.0 Å². The number of benzene rings is 2. The van der Waals surface area contributed by atoms with Crippen LogP contribution >= 0.6 is 11.6 Å². The van der Waals surface area contributed by atoms with Crippen LogP contribution in [0.4, 0.5) is 16.2 Å². The van der Waals surface area contributed by atoms with Crippen molar-refractivity contribution in [3.8, 4) is 0 Å². The summed E-state index contributed by atoms with van der Waals surface area (Å²) >= 11 is 6.49. The quantitative estimate of drug-likeness (QED) is 0.251. The lowest BCUT2D eigenvalue weighted by Crippen LogP contribution is -2.54. The van der Waals surface area contributed by atoms with Gasteiger partial charge in [0, 0.05) is 23.0 Å². The van der Waals surface area contributed by atoms with E-state index in [1.54, 1.807) is 31.2 Å². The maximum Gasteiger partial charge on any atom is 0.335 e. The molecule has 2 atom stereocenters. The van der Waals surface area contributed by atoms with Crippen molar-refractivity contribution in [3.05, 3.63) is 94.0 Å². The monoisotopic (exact) mass is 522 g/mol. The number of aromatic nitrogens is 2. The number of hydrogen-bond donors (Lipinski definition) is 5. The van der Waals surface area contributed by atoms with Gasteiger partial charge < -0.3 is 25.5 Å². The van der Waals surface area contributed by atoms with Crippen LogP contribution in [0.3, 0.4) is 0 Å². The Labute approximate surface area is 214 Å². The molecule has 0 saturated carbocycles. The van der Waals surface area contributed by atoms with Crippen molar-refractivity contribution in [1.29, 1.82) is 0 Å². The first kappa shape index (κ1) is 24.2. The van der Waals surface area contributed by atoms with Crippen molar-refractivity contribution in [3.63, 3.8) is 0 Å². The van der Waals surface area contributed by atoms with Gasteiger partial charge in [0.1, 0.15) is 17.2 Å². The number of nitrogens with zero attached hydrogens (tertiary/aromatic N) is 2. The topological polar surface area (TPSA) is 141 Å². The fourth-order valence-corrected chi connectivity index (χ4v) is 4.28. The van der Waals surface area contributed by atoms with E-state index in [1.165, 1.54) is 36.5 Å². The number of pyridine rings is 1. The van der Waals surface area contributed by atoms with E-state index in [0.29, 0.717) is 27.4 Å². The maximum absolute atomic E-state index is 13.5. The standard InChI is InChI=1S/C25H20ClFN6O4/c1-12-20(22(34)31-19-10-13(23(35)36)8-9-28-19)21(15-4-2-3-5-16(15)26)32-24(29-12)33-25-30-17-7-6-14(27)11-18(17)37-25/h2-11,21,24,29,32H,1H3,(H,30,33)(H,35,36)(H,28,31,34)/t21-,24?/m0/s1. The number of carboxylic acids is 1. The van der Waals surface area contributed by atoms with Crippen LogP contribution < -0.4 is 21.3 Å². The Morgan fingerprint density at radius 2 is 1.97 bits per heavy atom. The van der Waals surface area contributed by atoms with Gasteiger partial charge in [-0.25, -0.2) is 14.2 Å². The summed E-state index contributed by atoms with van der Waals surface area (Å²) in [4.78, 5) is 33.1. The average Bonchev–Trinajstić information content (AvgIpc) is 3.25. The van der Waals surface area contributed by atoms with E-state index < -0.39 is 30.0 Å². The molecule has 1 aliphatic heterocycles. The van der Waals surface area contributed by atoms with Crippen LogP contribution in [0, 0.1) is 5.82 Å². The van der Waals surface area contributed by atoms with Crippen molar-refractivity contribution in [2.45, 2.75) is 19.3 Å². The third-order valence-corrected chi connectivity index (χ3v) is 6.06. The summed E-state index contributed by atoms with van der Waals surface area (Å²) in [5.74, 6) is -2.00. The molecule has 4 aromatic rings. The van der Waals surface area contributed by atoms with Crippen LogP contribution in [-0.2, 0) is 4.79 Å². The Bertz CT molecular complexity index is 1560. The van der Waals surface area contributed by atoms with Gasteiger partial charge in [0.05, 0.1) is 17.2 Å². The van der Waals surface area contributed by atoms with Gasteiger partial charge in [-0.1, -0.05) is 29.8 Å². The molecule has 12 heteroatoms. The predicted molar refractivity (Wildman–Crippen MR) is 134 cm³/mol. The SMILES string of the molecule is CC1=C(C(=O)Nc2cc(C(=O)O)ccn2)[C@H](c2ccccc2Cl)NC(Nc2nc3ccc(F)cc3o2)N1. The molecular formula is C25H20ClFN6O4. The lowest BCUT2D eigenvalue weighted by molar-refractivity contribution is -0.113. The fraction of sp³-hybridized carbons (Fsp3) is 0.120. The second-order valence-electron chi connectivity index (χ2n) is 8.20. The number of nitrogens with one attached hydrogen (secondary N) is 4. The maximum atomic E-state index is 13.5. The molecule has 0 radical (unpaired) electrons. The number of halogens is 2. The summed E-state index contributed by atoms with van der Waals surface area (Å²) in [5, 5.41) is 21.8. The minimum absolute atomic E-state index is 0.0129. The number of allylic oxidation sites excluding steroid dienone is 1. The van der Waals surface area contributed by atoms with Gasteiger partial charge in [-0.05, 0) is 42.8 Å². The minimum atomic E-state index is -1.14. The molecule has 0 saturated heterocycles. The number of anilines is 2. The molecule has 37 heavy (non-hydrogen) atoms. The normalized spacial score (nSPS) is 17.4. The summed E-state index contributed by atoms with van der Waals surface area (Å²) in [7, 11) is 0. The zero-order valence-corrected chi connectivity index (χ0v) is 20.0. The van der Waals surface area contributed by atoms with Crippen molar-refractivity contribution >= 4 is 46.4 Å². The van der Waals surface area contributed by atoms with E-state index in [4.69, 9.17) is 16.0 Å². The Morgan fingerprint density at radius 1 is 1.16 bits per heavy atom. The second-order valence-corrected chi connectivity index (χ2v) is 8.61. The molecule has 0 spiro atoms. The number of fused-ring (bicyclic) bond motifs is 1. The highest BCUT2D eigenvalue weighted by Crippen LogP contribution is 2.33. The number of aromatic carboxylic acids is 1. The highest BCUT2D eigenvalue weighted by molar-refractivity contribution is 6.31. The van der Waals surface area contributed by atoms with E-state index >= 15 is 0 Å². The third kappa shape index (κ3) is 5.08. The number of hydrogen-bond acceptors (Lipinski definition) is 8. The summed E-state index contributed by atoms with van der Waals surface area (Å²) in [6, 6.07) is 13.2. The Morgan fingerprint density at radius 3 is 2.76 bits per heavy atom. The van der Waals surface area contributed by atoms with Crippen LogP contribution in [0.25, 0.3) is 11.1 Å². The summed E-state index contributed by atoms with van der Waals surface area (Å²) in [5.41, 5.74) is 2.20. The van der Waals surface area contributed by atoms with Gasteiger partial charge in [0.25, 0.3) is 11.9 Å². The van der Waals surface area contributed by atoms with Gasteiger partial charge in [-0.15, -0.1) is 0 Å². The molecule has 5 rings (SSSR count). The van der Waals surface area contributed by atoms with Crippen LogP contribution in [0.1, 0.15) is 28.9 Å². The van der Waals surface area contributed by atoms with E-state index in [9.17, 15) is 19.1 Å². The van der Waals surface area contributed by atoms with E-state index in [2.05, 4.69) is 31.2 Å². The Hall–Kier alpha value is -4.48. The van der Waals surface area contributed by atoms with Gasteiger partial charge in [-0.2, -0.15) is 4.98 Å². The summed E-state index contributed by atoms with van der Waals surface area (Å²) in [6.45, 7) is 1.72. The number of carboxylic acid groups (broad SMARTS) is 1. The molecule has 1 unspecified atom stereocenters. The lowest BCUT2D eigenvalue weighted by atomic mass is 9.94. The molecule has 3 heterocycles. The van der Waals surface area contributed by atoms with Crippen LogP contribution in [-0.4, -0.2) is 33.2 Å². The Kier molecular flexibility index (Phi) is 6.47. The third-order valence-electron chi connectivity index (χ3n) is 5.71. The van der Waals surface area contributed by atoms with Crippen LogP contribution in [0.5, 0.6) is 0 Å². The molecule has 2 aromatic carbocycles. The second kappa shape index (κ2) is 9.88. The number of oxazole rings is 1. The largest absolute Gasteiger partial charge is 0.478 e. The number of carbonyl (C=O) groups excluding carboxylic acids is 1. The molecule has 1 aliphatic rings. The van der Waals surface area contributed by atoms with Gasteiger partial charge in [-0.3, -0.25) is 10.1 Å². The molecule has 1 amide bonds. The van der Waals surface area contributed by atoms with Crippen molar-refractivity contribution < 1.29 is 23.5 Å². The Balaban J connectivity index is 1.46. The zero-order valence-electron chi connectivity index (χ0n) is 19.3. The van der Waals surface area contributed by atoms with Crippen molar-refractivity contribution in [2.24, 2.45) is 0 Å². The van der Waals surface area contributed by atoms with Crippen LogP contribution in [0.2, 0.25) is 5.02 Å². The lowest BCUT2D eigenvalue weighted by Gasteiger charge is -2.35. The molecule has 2 aromatic heterocycles. The average molecular weight is 523 g/mol. The van der Waals surface area contributed by atoms with E-state index in [0.717, 1.165) is 0 Å². The molecule has 188 valence electrons. The van der Waals surface area contributed by atoms with Crippen LogP contribution in [0.15, 0.2) is 76.5 Å². The molecule has 0 fully saturated rings. The fourth-order valence-electron chi connectivity index (χ4n) is 4.04. The van der Waals surface area contributed by atoms with Gasteiger partial charge in [0.15, 0.2) is 11.9 Å². The van der Waals surface area contributed by atoms with Gasteiger partial charge >= 0.3 is 5.97 Å². The number of amides is 1. The molecule has 0 aliphatic carbocycles. The first-order valence-electron chi connectivity index (χ1n) is 11.1. The highest BCUT2D eigenvalue weighted by Gasteiger charge is 2.34. The number of carbonyl (C=O) groups is 2. The van der Waals surface area contributed by atoms with Crippen molar-refractivity contribution in [1.82, 2.24) is 20.6 Å². The summed E-state index contributed by atoms with van der Waals surface area (Å²) in [6.07, 6.45) is 0.652. The highest BCUT2D eigenvalue weighted by atomic mass is 35.5. The molecule has 5 N–H and O–H groups in total. The predicted octanol–water partition coefficient (Wildman–Crippen LogP) is 4.26. The summed E-state index contributed by atoms with van der Waals surface area (Å²) < 4.78 is 19.2. The first-order valence-corrected chi connectivity index (χ1v) is 11.5. The first-order chi connectivity index (χ1) is 17.8. The number of rotatable bonds is 6.